The predicted octanol–water partition coefficient (Wildman–Crippen LogP) is 7.19. The number of carbonyl (C=O) groups excluding carboxylic acids is 2. The molecule has 4 nitrogen and oxygen atoms in total. The second-order valence-electron chi connectivity index (χ2n) is 7.58. The molecule has 32 heavy (non-hydrogen) atoms. The van der Waals surface area contributed by atoms with E-state index in [1.807, 2.05) is 36.6 Å². The average Bonchev–Trinajstić information content (AvgIpc) is 3.27. The number of pyridine rings is 1. The Hall–Kier alpha value is -2.54. The molecular weight excluding hydrogens is 462 g/mol. The summed E-state index contributed by atoms with van der Waals surface area (Å²) in [5.41, 5.74) is 4.61. The van der Waals surface area contributed by atoms with Gasteiger partial charge in [-0.2, -0.15) is 0 Å². The standard InChI is InChI=1S/C25H22ClNO3S2/c1-5-30-24(29)19-18-12-15(4)10-11-27(18)21-20(19)23(32-25(21)31-13-14(2)3)22(28)16-6-8-17(26)9-7-16/h6-12H,2,5,13H2,1,3-4H3. The van der Waals surface area contributed by atoms with Crippen LogP contribution in [0.3, 0.4) is 0 Å². The van der Waals surface area contributed by atoms with E-state index in [0.717, 1.165) is 32.1 Å². The van der Waals surface area contributed by atoms with Crippen molar-refractivity contribution in [3.05, 3.63) is 81.3 Å². The lowest BCUT2D eigenvalue weighted by atomic mass is 10.1. The molecular formula is C25H22ClNO3S2. The molecule has 0 atom stereocenters. The number of hydrogen-bond donors (Lipinski definition) is 0. The van der Waals surface area contributed by atoms with Crippen LogP contribution in [0.5, 0.6) is 0 Å². The summed E-state index contributed by atoms with van der Waals surface area (Å²) in [6.45, 7) is 9.99. The van der Waals surface area contributed by atoms with E-state index in [-0.39, 0.29) is 12.4 Å². The van der Waals surface area contributed by atoms with Gasteiger partial charge in [0.25, 0.3) is 0 Å². The van der Waals surface area contributed by atoms with Gasteiger partial charge in [0.1, 0.15) is 0 Å². The molecule has 0 aliphatic rings. The summed E-state index contributed by atoms with van der Waals surface area (Å²) in [5, 5.41) is 1.20. The molecule has 0 radical (unpaired) electrons. The molecule has 1 aromatic carbocycles. The van der Waals surface area contributed by atoms with Crippen LogP contribution in [0.15, 0.2) is 59.0 Å². The lowest BCUT2D eigenvalue weighted by Gasteiger charge is -2.05. The van der Waals surface area contributed by atoms with Crippen LogP contribution in [0.2, 0.25) is 5.02 Å². The molecule has 164 valence electrons. The number of fused-ring (bicyclic) bond motifs is 3. The molecule has 0 aliphatic heterocycles. The highest BCUT2D eigenvalue weighted by molar-refractivity contribution is 8.01. The monoisotopic (exact) mass is 483 g/mol. The van der Waals surface area contributed by atoms with Crippen LogP contribution in [-0.2, 0) is 4.74 Å². The fraction of sp³-hybridized carbons (Fsp3) is 0.200. The number of thioether (sulfide) groups is 1. The number of aryl methyl sites for hydroxylation is 1. The van der Waals surface area contributed by atoms with Gasteiger partial charge >= 0.3 is 5.97 Å². The Bertz CT molecular complexity index is 1370. The Labute approximate surface area is 199 Å². The summed E-state index contributed by atoms with van der Waals surface area (Å²) >= 11 is 9.05. The van der Waals surface area contributed by atoms with Gasteiger partial charge < -0.3 is 9.14 Å². The number of nitrogens with zero attached hydrogens (tertiary/aromatic N) is 1. The molecule has 0 bridgehead atoms. The Morgan fingerprint density at radius 2 is 1.94 bits per heavy atom. The normalized spacial score (nSPS) is 11.2. The molecule has 0 aliphatic carbocycles. The van der Waals surface area contributed by atoms with Crippen molar-refractivity contribution >= 4 is 62.9 Å². The topological polar surface area (TPSA) is 47.8 Å². The molecule has 0 amide bonds. The van der Waals surface area contributed by atoms with Crippen LogP contribution in [0.1, 0.15) is 45.0 Å². The molecule has 4 rings (SSSR count). The number of ether oxygens (including phenoxy) is 1. The van der Waals surface area contributed by atoms with Gasteiger partial charge in [0.15, 0.2) is 0 Å². The van der Waals surface area contributed by atoms with Crippen molar-refractivity contribution in [2.75, 3.05) is 12.4 Å². The molecule has 0 fully saturated rings. The lowest BCUT2D eigenvalue weighted by Crippen LogP contribution is -2.06. The predicted molar refractivity (Wildman–Crippen MR) is 134 cm³/mol. The average molecular weight is 484 g/mol. The number of hydrogen-bond acceptors (Lipinski definition) is 5. The first-order chi connectivity index (χ1) is 15.3. The second-order valence-corrected chi connectivity index (χ2v) is 10.3. The van der Waals surface area contributed by atoms with Crippen molar-refractivity contribution in [1.29, 1.82) is 0 Å². The first-order valence-corrected chi connectivity index (χ1v) is 12.3. The number of ketones is 1. The number of aromatic nitrogens is 1. The molecule has 0 unspecified atom stereocenters. The van der Waals surface area contributed by atoms with Gasteiger partial charge in [-0.15, -0.1) is 23.1 Å². The highest BCUT2D eigenvalue weighted by Gasteiger charge is 2.29. The fourth-order valence-electron chi connectivity index (χ4n) is 3.56. The van der Waals surface area contributed by atoms with Gasteiger partial charge in [0, 0.05) is 27.9 Å². The van der Waals surface area contributed by atoms with Crippen LogP contribution in [0.4, 0.5) is 0 Å². The maximum absolute atomic E-state index is 13.6. The number of rotatable bonds is 7. The van der Waals surface area contributed by atoms with E-state index in [2.05, 4.69) is 6.58 Å². The van der Waals surface area contributed by atoms with Crippen molar-refractivity contribution in [2.24, 2.45) is 0 Å². The zero-order chi connectivity index (χ0) is 23.0. The van der Waals surface area contributed by atoms with Gasteiger partial charge in [0.2, 0.25) is 5.78 Å². The van der Waals surface area contributed by atoms with Gasteiger partial charge in [-0.1, -0.05) is 23.8 Å². The van der Waals surface area contributed by atoms with Crippen molar-refractivity contribution in [1.82, 2.24) is 4.40 Å². The van der Waals surface area contributed by atoms with E-state index < -0.39 is 5.97 Å². The quantitative estimate of drug-likeness (QED) is 0.121. The summed E-state index contributed by atoms with van der Waals surface area (Å²) in [6, 6.07) is 10.8. The SMILES string of the molecule is C=C(C)CSc1sc(C(=O)c2ccc(Cl)cc2)c2c(C(=O)OCC)c3cc(C)ccn3c12. The minimum absolute atomic E-state index is 0.142. The number of benzene rings is 1. The fourth-order valence-corrected chi connectivity index (χ4v) is 6.06. The molecule has 0 N–H and O–H groups in total. The van der Waals surface area contributed by atoms with Gasteiger partial charge in [0.05, 0.1) is 32.3 Å². The summed E-state index contributed by atoms with van der Waals surface area (Å²) in [4.78, 5) is 27.2. The van der Waals surface area contributed by atoms with E-state index in [0.29, 0.717) is 26.4 Å². The van der Waals surface area contributed by atoms with E-state index >= 15 is 0 Å². The van der Waals surface area contributed by atoms with Crippen LogP contribution < -0.4 is 0 Å². The molecule has 4 aromatic rings. The van der Waals surface area contributed by atoms with Crippen molar-refractivity contribution < 1.29 is 14.3 Å². The minimum atomic E-state index is -0.426. The maximum atomic E-state index is 13.6. The third-order valence-corrected chi connectivity index (χ3v) is 7.87. The van der Waals surface area contributed by atoms with Gasteiger partial charge in [-0.3, -0.25) is 4.79 Å². The summed E-state index contributed by atoms with van der Waals surface area (Å²) in [5.74, 6) is 0.153. The Kier molecular flexibility index (Phi) is 6.47. The highest BCUT2D eigenvalue weighted by Crippen LogP contribution is 2.44. The van der Waals surface area contributed by atoms with Gasteiger partial charge in [-0.05, 0) is 62.7 Å². The lowest BCUT2D eigenvalue weighted by molar-refractivity contribution is 0.0531. The summed E-state index contributed by atoms with van der Waals surface area (Å²) < 4.78 is 8.37. The van der Waals surface area contributed by atoms with E-state index in [1.54, 1.807) is 43.0 Å². The maximum Gasteiger partial charge on any atom is 0.341 e. The zero-order valence-corrected chi connectivity index (χ0v) is 20.4. The molecule has 3 aromatic heterocycles. The largest absolute Gasteiger partial charge is 0.462 e. The van der Waals surface area contributed by atoms with E-state index in [1.165, 1.54) is 11.3 Å². The molecule has 0 spiro atoms. The Balaban J connectivity index is 2.05. The summed E-state index contributed by atoms with van der Waals surface area (Å²) in [7, 11) is 0. The number of halogens is 1. The number of carbonyl (C=O) groups is 2. The first kappa shape index (κ1) is 22.6. The van der Waals surface area contributed by atoms with Crippen LogP contribution >= 0.6 is 34.7 Å². The molecule has 0 saturated carbocycles. The smallest absolute Gasteiger partial charge is 0.341 e. The third-order valence-electron chi connectivity index (χ3n) is 4.95. The minimum Gasteiger partial charge on any atom is -0.462 e. The highest BCUT2D eigenvalue weighted by atomic mass is 35.5. The van der Waals surface area contributed by atoms with Crippen molar-refractivity contribution in [2.45, 2.75) is 25.0 Å². The Morgan fingerprint density at radius 1 is 1.22 bits per heavy atom. The third kappa shape index (κ3) is 4.10. The molecule has 0 saturated heterocycles. The summed E-state index contributed by atoms with van der Waals surface area (Å²) in [6.07, 6.45) is 1.95. The van der Waals surface area contributed by atoms with Crippen molar-refractivity contribution in [3.63, 3.8) is 0 Å². The first-order valence-electron chi connectivity index (χ1n) is 10.1. The number of esters is 1. The Morgan fingerprint density at radius 3 is 2.59 bits per heavy atom. The van der Waals surface area contributed by atoms with E-state index in [9.17, 15) is 9.59 Å². The van der Waals surface area contributed by atoms with Gasteiger partial charge in [-0.25, -0.2) is 4.79 Å². The molecule has 7 heteroatoms. The van der Waals surface area contributed by atoms with Crippen LogP contribution in [0.25, 0.3) is 16.4 Å². The van der Waals surface area contributed by atoms with E-state index in [4.69, 9.17) is 16.3 Å². The zero-order valence-electron chi connectivity index (χ0n) is 18.0. The van der Waals surface area contributed by atoms with Crippen LogP contribution in [-0.4, -0.2) is 28.5 Å². The van der Waals surface area contributed by atoms with Crippen molar-refractivity contribution in [3.8, 4) is 0 Å². The second kappa shape index (κ2) is 9.14. The number of thiophene rings is 1. The van der Waals surface area contributed by atoms with Crippen LogP contribution in [0, 0.1) is 6.92 Å². The molecule has 3 heterocycles.